The molecule has 0 atom stereocenters. The van der Waals surface area contributed by atoms with Crippen molar-refractivity contribution in [1.82, 2.24) is 24.6 Å². The molecular weight excluding hydrogens is 416 g/mol. The van der Waals surface area contributed by atoms with Crippen molar-refractivity contribution in [1.29, 1.82) is 0 Å². The SMILES string of the molecule is COC1CN(C(=O)c2ccc3c(N)ncc(-c4ccc(-c5cnn(C(C)C)c5)cc4)c3n2)C1. The number of likely N-dealkylation sites (tertiary alicyclic amines) is 1. The van der Waals surface area contributed by atoms with Crippen LogP contribution in [-0.2, 0) is 4.74 Å². The molecule has 4 aromatic rings. The average molecular weight is 443 g/mol. The third kappa shape index (κ3) is 3.82. The summed E-state index contributed by atoms with van der Waals surface area (Å²) in [5.41, 5.74) is 11.1. The Hall–Kier alpha value is -3.78. The normalized spacial score (nSPS) is 14.1. The van der Waals surface area contributed by atoms with Gasteiger partial charge < -0.3 is 15.4 Å². The van der Waals surface area contributed by atoms with E-state index in [1.807, 2.05) is 35.3 Å². The molecule has 2 N–H and O–H groups in total. The smallest absolute Gasteiger partial charge is 0.272 e. The number of amides is 1. The van der Waals surface area contributed by atoms with Gasteiger partial charge >= 0.3 is 0 Å². The van der Waals surface area contributed by atoms with E-state index in [1.165, 1.54) is 0 Å². The predicted molar refractivity (Wildman–Crippen MR) is 128 cm³/mol. The van der Waals surface area contributed by atoms with Crippen LogP contribution >= 0.6 is 0 Å². The zero-order chi connectivity index (χ0) is 23.1. The molecule has 0 radical (unpaired) electrons. The largest absolute Gasteiger partial charge is 0.383 e. The highest BCUT2D eigenvalue weighted by molar-refractivity contribution is 6.02. The first-order chi connectivity index (χ1) is 15.9. The lowest BCUT2D eigenvalue weighted by Gasteiger charge is -2.37. The maximum Gasteiger partial charge on any atom is 0.272 e. The highest BCUT2D eigenvalue weighted by Crippen LogP contribution is 2.31. The number of ether oxygens (including phenoxy) is 1. The number of methoxy groups -OCH3 is 1. The van der Waals surface area contributed by atoms with Crippen LogP contribution in [0.15, 0.2) is 55.0 Å². The average Bonchev–Trinajstić information content (AvgIpc) is 3.29. The number of aromatic nitrogens is 4. The number of hydrogen-bond donors (Lipinski definition) is 1. The molecule has 0 saturated carbocycles. The van der Waals surface area contributed by atoms with Gasteiger partial charge in [-0.25, -0.2) is 9.97 Å². The molecule has 0 unspecified atom stereocenters. The standard InChI is InChI=1S/C25H26N6O2/c1-15(2)31-12-18(10-28-31)16-4-6-17(7-5-16)21-11-27-24(26)20-8-9-22(29-23(20)21)25(32)30-13-19(14-30)33-3/h4-12,15,19H,13-14H2,1-3H3,(H2,26,27). The number of carbonyl (C=O) groups excluding carboxylic acids is 1. The van der Waals surface area contributed by atoms with E-state index in [0.29, 0.717) is 36.2 Å². The third-order valence-electron chi connectivity index (χ3n) is 6.11. The van der Waals surface area contributed by atoms with Crippen molar-refractivity contribution in [2.75, 3.05) is 25.9 Å². The quantitative estimate of drug-likeness (QED) is 0.505. The van der Waals surface area contributed by atoms with Gasteiger partial charge in [0.2, 0.25) is 0 Å². The maximum atomic E-state index is 12.9. The lowest BCUT2D eigenvalue weighted by molar-refractivity contribution is -0.0194. The first-order valence-electron chi connectivity index (χ1n) is 11.0. The van der Waals surface area contributed by atoms with Crippen molar-refractivity contribution < 1.29 is 9.53 Å². The number of fused-ring (bicyclic) bond motifs is 1. The molecule has 1 aromatic carbocycles. The monoisotopic (exact) mass is 442 g/mol. The van der Waals surface area contributed by atoms with Crippen molar-refractivity contribution >= 4 is 22.6 Å². The van der Waals surface area contributed by atoms with Gasteiger partial charge in [0.1, 0.15) is 11.5 Å². The molecule has 1 fully saturated rings. The van der Waals surface area contributed by atoms with Gasteiger partial charge in [0.05, 0.1) is 17.8 Å². The number of pyridine rings is 2. The molecule has 0 bridgehead atoms. The summed E-state index contributed by atoms with van der Waals surface area (Å²) < 4.78 is 7.22. The molecule has 168 valence electrons. The van der Waals surface area contributed by atoms with Crippen molar-refractivity contribution in [2.45, 2.75) is 26.0 Å². The van der Waals surface area contributed by atoms with Crippen LogP contribution in [0, 0.1) is 0 Å². The zero-order valence-corrected chi connectivity index (χ0v) is 18.9. The summed E-state index contributed by atoms with van der Waals surface area (Å²) in [6, 6.07) is 12.0. The van der Waals surface area contributed by atoms with Gasteiger partial charge in [0, 0.05) is 55.1 Å². The zero-order valence-electron chi connectivity index (χ0n) is 18.9. The number of benzene rings is 1. The Morgan fingerprint density at radius 3 is 2.45 bits per heavy atom. The third-order valence-corrected chi connectivity index (χ3v) is 6.11. The van der Waals surface area contributed by atoms with Crippen LogP contribution in [0.4, 0.5) is 5.82 Å². The fourth-order valence-corrected chi connectivity index (χ4v) is 3.99. The molecule has 4 heterocycles. The minimum absolute atomic E-state index is 0.0935. The van der Waals surface area contributed by atoms with Crippen LogP contribution in [-0.4, -0.2) is 56.9 Å². The summed E-state index contributed by atoms with van der Waals surface area (Å²) in [5.74, 6) is 0.283. The number of nitrogens with two attached hydrogens (primary N) is 1. The van der Waals surface area contributed by atoms with Crippen LogP contribution in [0.5, 0.6) is 0 Å². The molecular formula is C25H26N6O2. The van der Waals surface area contributed by atoms with E-state index in [2.05, 4.69) is 36.1 Å². The number of nitrogen functional groups attached to an aromatic ring is 1. The molecule has 1 amide bonds. The summed E-state index contributed by atoms with van der Waals surface area (Å²) in [6.45, 7) is 5.36. The summed E-state index contributed by atoms with van der Waals surface area (Å²) in [6.07, 6.45) is 5.73. The van der Waals surface area contributed by atoms with Crippen LogP contribution in [0.2, 0.25) is 0 Å². The molecule has 1 aliphatic heterocycles. The fraction of sp³-hybridized carbons (Fsp3) is 0.280. The number of anilines is 1. The number of rotatable bonds is 5. The second kappa shape index (κ2) is 8.29. The first kappa shape index (κ1) is 21.1. The molecule has 1 saturated heterocycles. The lowest BCUT2D eigenvalue weighted by Crippen LogP contribution is -2.54. The molecule has 3 aromatic heterocycles. The van der Waals surface area contributed by atoms with Gasteiger partial charge in [0.25, 0.3) is 5.91 Å². The van der Waals surface area contributed by atoms with E-state index in [0.717, 1.165) is 27.6 Å². The molecule has 5 rings (SSSR count). The second-order valence-electron chi connectivity index (χ2n) is 8.60. The van der Waals surface area contributed by atoms with Gasteiger partial charge in [-0.3, -0.25) is 9.48 Å². The summed E-state index contributed by atoms with van der Waals surface area (Å²) in [5, 5.41) is 5.15. The van der Waals surface area contributed by atoms with Crippen molar-refractivity contribution in [2.24, 2.45) is 0 Å². The van der Waals surface area contributed by atoms with Crippen LogP contribution in [0.3, 0.4) is 0 Å². The topological polar surface area (TPSA) is 99.2 Å². The van der Waals surface area contributed by atoms with Crippen molar-refractivity contribution in [3.05, 3.63) is 60.7 Å². The van der Waals surface area contributed by atoms with Crippen LogP contribution in [0.1, 0.15) is 30.4 Å². The number of carbonyl (C=O) groups is 1. The van der Waals surface area contributed by atoms with E-state index in [-0.39, 0.29) is 12.0 Å². The molecule has 0 aliphatic carbocycles. The number of nitrogens with zero attached hydrogens (tertiary/aromatic N) is 5. The Morgan fingerprint density at radius 2 is 1.79 bits per heavy atom. The number of hydrogen-bond acceptors (Lipinski definition) is 6. The van der Waals surface area contributed by atoms with Gasteiger partial charge in [-0.2, -0.15) is 5.10 Å². The van der Waals surface area contributed by atoms with E-state index in [4.69, 9.17) is 15.5 Å². The highest BCUT2D eigenvalue weighted by atomic mass is 16.5. The second-order valence-corrected chi connectivity index (χ2v) is 8.60. The Labute approximate surface area is 192 Å². The molecule has 8 heteroatoms. The van der Waals surface area contributed by atoms with E-state index < -0.39 is 0 Å². The maximum absolute atomic E-state index is 12.9. The predicted octanol–water partition coefficient (Wildman–Crippen LogP) is 3.79. The van der Waals surface area contributed by atoms with Gasteiger partial charge in [-0.1, -0.05) is 24.3 Å². The Balaban J connectivity index is 1.49. The molecule has 1 aliphatic rings. The Kier molecular flexibility index (Phi) is 5.30. The minimum Gasteiger partial charge on any atom is -0.383 e. The molecule has 0 spiro atoms. The van der Waals surface area contributed by atoms with Crippen LogP contribution in [0.25, 0.3) is 33.2 Å². The van der Waals surface area contributed by atoms with Crippen molar-refractivity contribution in [3.63, 3.8) is 0 Å². The van der Waals surface area contributed by atoms with Gasteiger partial charge in [-0.05, 0) is 37.1 Å². The van der Waals surface area contributed by atoms with Crippen molar-refractivity contribution in [3.8, 4) is 22.3 Å². The van der Waals surface area contributed by atoms with E-state index >= 15 is 0 Å². The molecule has 33 heavy (non-hydrogen) atoms. The summed E-state index contributed by atoms with van der Waals surface area (Å²) >= 11 is 0. The Bertz CT molecular complexity index is 1320. The minimum atomic E-state index is -0.107. The van der Waals surface area contributed by atoms with Crippen LogP contribution < -0.4 is 5.73 Å². The van der Waals surface area contributed by atoms with Gasteiger partial charge in [-0.15, -0.1) is 0 Å². The first-order valence-corrected chi connectivity index (χ1v) is 11.0. The summed E-state index contributed by atoms with van der Waals surface area (Å²) in [7, 11) is 1.66. The fourth-order valence-electron chi connectivity index (χ4n) is 3.99. The Morgan fingerprint density at radius 1 is 1.06 bits per heavy atom. The van der Waals surface area contributed by atoms with E-state index in [1.54, 1.807) is 24.3 Å². The summed E-state index contributed by atoms with van der Waals surface area (Å²) in [4.78, 5) is 23.7. The molecule has 8 nitrogen and oxygen atoms in total. The highest BCUT2D eigenvalue weighted by Gasteiger charge is 2.31. The lowest BCUT2D eigenvalue weighted by atomic mass is 10.0. The van der Waals surface area contributed by atoms with E-state index in [9.17, 15) is 4.79 Å². The van der Waals surface area contributed by atoms with Gasteiger partial charge in [0.15, 0.2) is 0 Å².